The zero-order chi connectivity index (χ0) is 12.8. The molecule has 2 heteroatoms. The highest BCUT2D eigenvalue weighted by atomic mass is 16.1. The van der Waals surface area contributed by atoms with Crippen molar-refractivity contribution in [3.8, 4) is 11.8 Å². The number of carbonyl (C=O) groups excluding carboxylic acids is 1. The summed E-state index contributed by atoms with van der Waals surface area (Å²) in [5, 5.41) is 0. The Morgan fingerprint density at radius 3 is 2.17 bits per heavy atom. The average Bonchev–Trinajstić information content (AvgIpc) is 2.46. The van der Waals surface area contributed by atoms with Gasteiger partial charge in [0.05, 0.1) is 6.54 Å². The van der Waals surface area contributed by atoms with Gasteiger partial charge in [-0.15, -0.1) is 0 Å². The summed E-state index contributed by atoms with van der Waals surface area (Å²) in [6.45, 7) is 0.338. The van der Waals surface area contributed by atoms with Crippen LogP contribution in [0.1, 0.15) is 21.5 Å². The molecule has 0 aromatic heterocycles. The van der Waals surface area contributed by atoms with Gasteiger partial charge in [0.25, 0.3) is 0 Å². The predicted octanol–water partition coefficient (Wildman–Crippen LogP) is 2.23. The fourth-order valence-electron chi connectivity index (χ4n) is 1.61. The molecule has 2 aromatic carbocycles. The maximum absolute atomic E-state index is 12.1. The highest BCUT2D eigenvalue weighted by Gasteiger charge is 2.07. The predicted molar refractivity (Wildman–Crippen MR) is 72.2 cm³/mol. The minimum atomic E-state index is 0.0222. The highest BCUT2D eigenvalue weighted by molar-refractivity contribution is 6.08. The zero-order valence-electron chi connectivity index (χ0n) is 9.89. The molecule has 0 aliphatic rings. The molecule has 18 heavy (non-hydrogen) atoms. The Morgan fingerprint density at radius 2 is 1.56 bits per heavy atom. The van der Waals surface area contributed by atoms with Gasteiger partial charge in [0.2, 0.25) is 0 Å². The molecule has 0 fully saturated rings. The van der Waals surface area contributed by atoms with Gasteiger partial charge < -0.3 is 5.73 Å². The maximum atomic E-state index is 12.1. The van der Waals surface area contributed by atoms with Gasteiger partial charge in [0, 0.05) is 16.7 Å². The lowest BCUT2D eigenvalue weighted by Crippen LogP contribution is -2.00. The number of nitrogens with two attached hydrogens (primary N) is 1. The Balaban J connectivity index is 2.22. The lowest BCUT2D eigenvalue weighted by atomic mass is 10.0. The molecule has 0 heterocycles. The van der Waals surface area contributed by atoms with Gasteiger partial charge in [-0.05, 0) is 24.3 Å². The van der Waals surface area contributed by atoms with Gasteiger partial charge in [-0.2, -0.15) is 0 Å². The second kappa shape index (κ2) is 5.81. The molecule has 0 saturated carbocycles. The molecule has 0 aliphatic carbocycles. The highest BCUT2D eigenvalue weighted by Crippen LogP contribution is 2.10. The van der Waals surface area contributed by atoms with Crippen molar-refractivity contribution >= 4 is 5.78 Å². The van der Waals surface area contributed by atoms with Crippen molar-refractivity contribution in [1.29, 1.82) is 0 Å². The third-order valence-corrected chi connectivity index (χ3v) is 2.52. The Hall–Kier alpha value is -2.37. The molecule has 2 nitrogen and oxygen atoms in total. The van der Waals surface area contributed by atoms with E-state index >= 15 is 0 Å². The molecule has 0 aliphatic heterocycles. The van der Waals surface area contributed by atoms with Crippen molar-refractivity contribution in [3.63, 3.8) is 0 Å². The standard InChI is InChI=1S/C16H13NO/c17-12-4-5-13-8-10-15(11-9-13)16(18)14-6-2-1-3-7-14/h1-3,6-11H,12,17H2. The first-order valence-electron chi connectivity index (χ1n) is 5.70. The monoisotopic (exact) mass is 235 g/mol. The molecule has 0 amide bonds. The summed E-state index contributed by atoms with van der Waals surface area (Å²) >= 11 is 0. The first kappa shape index (κ1) is 12.1. The van der Waals surface area contributed by atoms with Crippen molar-refractivity contribution in [2.24, 2.45) is 5.73 Å². The zero-order valence-corrected chi connectivity index (χ0v) is 9.89. The lowest BCUT2D eigenvalue weighted by Gasteiger charge is -2.00. The van der Waals surface area contributed by atoms with Gasteiger partial charge in [-0.1, -0.05) is 42.2 Å². The Bertz CT molecular complexity index is 588. The van der Waals surface area contributed by atoms with Crippen molar-refractivity contribution in [1.82, 2.24) is 0 Å². The number of rotatable bonds is 2. The van der Waals surface area contributed by atoms with Crippen molar-refractivity contribution in [2.75, 3.05) is 6.54 Å². The molecule has 0 saturated heterocycles. The summed E-state index contributed by atoms with van der Waals surface area (Å²) in [6, 6.07) is 16.5. The summed E-state index contributed by atoms with van der Waals surface area (Å²) < 4.78 is 0. The molecule has 2 aromatic rings. The molecule has 0 unspecified atom stereocenters. The number of ketones is 1. The van der Waals surface area contributed by atoms with Crippen LogP contribution in [0.25, 0.3) is 0 Å². The van der Waals surface area contributed by atoms with Crippen LogP contribution >= 0.6 is 0 Å². The molecule has 2 N–H and O–H groups in total. The molecule has 0 radical (unpaired) electrons. The summed E-state index contributed by atoms with van der Waals surface area (Å²) in [4.78, 5) is 12.1. The Kier molecular flexibility index (Phi) is 3.90. The molecular formula is C16H13NO. The molecular weight excluding hydrogens is 222 g/mol. The maximum Gasteiger partial charge on any atom is 0.193 e. The topological polar surface area (TPSA) is 43.1 Å². The van der Waals surface area contributed by atoms with Gasteiger partial charge in [0.1, 0.15) is 0 Å². The fraction of sp³-hybridized carbons (Fsp3) is 0.0625. The van der Waals surface area contributed by atoms with E-state index in [1.807, 2.05) is 42.5 Å². The van der Waals surface area contributed by atoms with E-state index in [1.165, 1.54) is 0 Å². The van der Waals surface area contributed by atoms with E-state index < -0.39 is 0 Å². The van der Waals surface area contributed by atoms with Crippen molar-refractivity contribution in [2.45, 2.75) is 0 Å². The van der Waals surface area contributed by atoms with Crippen LogP contribution < -0.4 is 5.73 Å². The quantitative estimate of drug-likeness (QED) is 0.640. The van der Waals surface area contributed by atoms with Crippen LogP contribution in [0.4, 0.5) is 0 Å². The summed E-state index contributed by atoms with van der Waals surface area (Å²) in [5.74, 6) is 5.72. The van der Waals surface area contributed by atoms with E-state index in [1.54, 1.807) is 12.1 Å². The van der Waals surface area contributed by atoms with Crippen LogP contribution in [0.5, 0.6) is 0 Å². The summed E-state index contributed by atoms with van der Waals surface area (Å²) in [6.07, 6.45) is 0. The van der Waals surface area contributed by atoms with Crippen LogP contribution in [0.3, 0.4) is 0 Å². The second-order valence-corrected chi connectivity index (χ2v) is 3.78. The van der Waals surface area contributed by atoms with E-state index in [0.29, 0.717) is 17.7 Å². The normalized spacial score (nSPS) is 9.39. The van der Waals surface area contributed by atoms with Crippen molar-refractivity contribution in [3.05, 3.63) is 71.3 Å². The molecule has 0 bridgehead atoms. The SMILES string of the molecule is NCC#Cc1ccc(C(=O)c2ccccc2)cc1. The molecule has 0 atom stereocenters. The van der Waals surface area contributed by atoms with Crippen molar-refractivity contribution < 1.29 is 4.79 Å². The van der Waals surface area contributed by atoms with Crippen LogP contribution in [0, 0.1) is 11.8 Å². The van der Waals surface area contributed by atoms with Crippen LogP contribution in [0.15, 0.2) is 54.6 Å². The van der Waals surface area contributed by atoms with E-state index in [2.05, 4.69) is 11.8 Å². The molecule has 2 rings (SSSR count). The third-order valence-electron chi connectivity index (χ3n) is 2.52. The summed E-state index contributed by atoms with van der Waals surface area (Å²) in [7, 11) is 0. The van der Waals surface area contributed by atoms with E-state index in [0.717, 1.165) is 5.56 Å². The first-order chi connectivity index (χ1) is 8.81. The number of benzene rings is 2. The van der Waals surface area contributed by atoms with E-state index in [9.17, 15) is 4.79 Å². The number of hydrogen-bond donors (Lipinski definition) is 1. The van der Waals surface area contributed by atoms with Crippen LogP contribution in [-0.4, -0.2) is 12.3 Å². The van der Waals surface area contributed by atoms with Gasteiger partial charge in [-0.3, -0.25) is 4.79 Å². The Morgan fingerprint density at radius 1 is 0.944 bits per heavy atom. The molecule has 0 spiro atoms. The van der Waals surface area contributed by atoms with E-state index in [4.69, 9.17) is 5.73 Å². The Labute approximate surface area is 106 Å². The average molecular weight is 235 g/mol. The second-order valence-electron chi connectivity index (χ2n) is 3.78. The summed E-state index contributed by atoms with van der Waals surface area (Å²) in [5.41, 5.74) is 7.53. The van der Waals surface area contributed by atoms with E-state index in [-0.39, 0.29) is 5.78 Å². The van der Waals surface area contributed by atoms with Gasteiger partial charge in [-0.25, -0.2) is 0 Å². The molecule has 88 valence electrons. The third kappa shape index (κ3) is 2.85. The van der Waals surface area contributed by atoms with Gasteiger partial charge >= 0.3 is 0 Å². The lowest BCUT2D eigenvalue weighted by molar-refractivity contribution is 0.103. The minimum absolute atomic E-state index is 0.0222. The largest absolute Gasteiger partial charge is 0.320 e. The number of carbonyl (C=O) groups is 1. The first-order valence-corrected chi connectivity index (χ1v) is 5.70. The van der Waals surface area contributed by atoms with Crippen LogP contribution in [0.2, 0.25) is 0 Å². The number of hydrogen-bond acceptors (Lipinski definition) is 2. The van der Waals surface area contributed by atoms with Gasteiger partial charge in [0.15, 0.2) is 5.78 Å². The van der Waals surface area contributed by atoms with Crippen LogP contribution in [-0.2, 0) is 0 Å². The fourth-order valence-corrected chi connectivity index (χ4v) is 1.61. The smallest absolute Gasteiger partial charge is 0.193 e. The minimum Gasteiger partial charge on any atom is -0.320 e.